The molecule has 3 N–H and O–H groups in total. The Morgan fingerprint density at radius 3 is 2.33 bits per heavy atom. The molecule has 0 amide bonds. The van der Waals surface area contributed by atoms with Crippen molar-refractivity contribution >= 4 is 0 Å². The van der Waals surface area contributed by atoms with Gasteiger partial charge in [-0.2, -0.15) is 0 Å². The number of nitrogens with one attached hydrogen (secondary N) is 1. The molecule has 1 aromatic rings. The van der Waals surface area contributed by atoms with Crippen LogP contribution in [0.1, 0.15) is 11.1 Å². The van der Waals surface area contributed by atoms with E-state index in [4.69, 9.17) is 9.47 Å². The first-order valence-electron chi connectivity index (χ1n) is 6.61. The molecule has 4 nitrogen and oxygen atoms in total. The maximum Gasteiger partial charge on any atom is 0.161 e. The van der Waals surface area contributed by atoms with Crippen LogP contribution in [0.4, 0.5) is 0 Å². The van der Waals surface area contributed by atoms with Crippen molar-refractivity contribution in [3.63, 3.8) is 0 Å². The Labute approximate surface area is 109 Å². The van der Waals surface area contributed by atoms with E-state index < -0.39 is 0 Å². The van der Waals surface area contributed by atoms with Gasteiger partial charge in [0.1, 0.15) is 32.7 Å². The molecule has 1 heterocycles. The molecule has 18 heavy (non-hydrogen) atoms. The SMILES string of the molecule is COc1cc(C)c(C[NH+]2CC[NH2+]CC2)cc1OC. The van der Waals surface area contributed by atoms with Crippen LogP contribution in [-0.2, 0) is 6.54 Å². The van der Waals surface area contributed by atoms with Crippen LogP contribution in [0.5, 0.6) is 11.5 Å². The van der Waals surface area contributed by atoms with Crippen LogP contribution in [0.3, 0.4) is 0 Å². The monoisotopic (exact) mass is 252 g/mol. The zero-order chi connectivity index (χ0) is 13.0. The molecule has 0 radical (unpaired) electrons. The van der Waals surface area contributed by atoms with Gasteiger partial charge in [-0.1, -0.05) is 0 Å². The van der Waals surface area contributed by atoms with Gasteiger partial charge in [0.25, 0.3) is 0 Å². The predicted octanol–water partition coefficient (Wildman–Crippen LogP) is -1.03. The first kappa shape index (κ1) is 13.2. The molecule has 4 heteroatoms. The Balaban J connectivity index is 2.16. The molecule has 1 fully saturated rings. The highest BCUT2D eigenvalue weighted by Crippen LogP contribution is 2.29. The normalized spacial score (nSPS) is 16.6. The van der Waals surface area contributed by atoms with Crippen LogP contribution in [0.2, 0.25) is 0 Å². The maximum absolute atomic E-state index is 5.38. The minimum atomic E-state index is 0.820. The van der Waals surface area contributed by atoms with Crippen LogP contribution < -0.4 is 19.7 Å². The van der Waals surface area contributed by atoms with Gasteiger partial charge in [-0.3, -0.25) is 0 Å². The van der Waals surface area contributed by atoms with Gasteiger partial charge in [-0.25, -0.2) is 0 Å². The number of nitrogens with two attached hydrogens (primary N) is 1. The summed E-state index contributed by atoms with van der Waals surface area (Å²) in [4.78, 5) is 1.66. The fraction of sp³-hybridized carbons (Fsp3) is 0.571. The average molecular weight is 252 g/mol. The summed E-state index contributed by atoms with van der Waals surface area (Å²) in [6.45, 7) is 8.19. The molecule has 2 rings (SSSR count). The number of piperazine rings is 1. The zero-order valence-electron chi connectivity index (χ0n) is 11.6. The topological polar surface area (TPSA) is 39.5 Å². The number of ether oxygens (including phenoxy) is 2. The Kier molecular flexibility index (Phi) is 4.44. The molecule has 0 aliphatic carbocycles. The number of hydrogen-bond acceptors (Lipinski definition) is 2. The smallest absolute Gasteiger partial charge is 0.161 e. The van der Waals surface area contributed by atoms with Crippen molar-refractivity contribution in [2.45, 2.75) is 13.5 Å². The number of hydrogen-bond donors (Lipinski definition) is 2. The Morgan fingerprint density at radius 1 is 1.11 bits per heavy atom. The van der Waals surface area contributed by atoms with Crippen molar-refractivity contribution in [3.05, 3.63) is 23.3 Å². The van der Waals surface area contributed by atoms with Gasteiger partial charge in [-0.15, -0.1) is 0 Å². The molecule has 0 saturated carbocycles. The van der Waals surface area contributed by atoms with Crippen molar-refractivity contribution < 1.29 is 19.7 Å². The molecule has 0 atom stereocenters. The predicted molar refractivity (Wildman–Crippen MR) is 70.3 cm³/mol. The Hall–Kier alpha value is -1.26. The Bertz CT molecular complexity index is 401. The third kappa shape index (κ3) is 2.94. The second-order valence-electron chi connectivity index (χ2n) is 4.93. The van der Waals surface area contributed by atoms with Crippen molar-refractivity contribution in [2.75, 3.05) is 40.4 Å². The lowest BCUT2D eigenvalue weighted by Gasteiger charge is -2.23. The summed E-state index contributed by atoms with van der Waals surface area (Å²) in [7, 11) is 3.38. The molecule has 0 spiro atoms. The zero-order valence-corrected chi connectivity index (χ0v) is 11.6. The first-order valence-corrected chi connectivity index (χ1v) is 6.61. The number of methoxy groups -OCH3 is 2. The molecule has 0 unspecified atom stereocenters. The number of benzene rings is 1. The van der Waals surface area contributed by atoms with Crippen LogP contribution >= 0.6 is 0 Å². The van der Waals surface area contributed by atoms with E-state index in [0.29, 0.717) is 0 Å². The highest BCUT2D eigenvalue weighted by atomic mass is 16.5. The third-order valence-corrected chi connectivity index (χ3v) is 3.69. The highest BCUT2D eigenvalue weighted by Gasteiger charge is 2.18. The molecule has 0 bridgehead atoms. The Morgan fingerprint density at radius 2 is 1.72 bits per heavy atom. The third-order valence-electron chi connectivity index (χ3n) is 3.69. The van der Waals surface area contributed by atoms with E-state index in [-0.39, 0.29) is 0 Å². The van der Waals surface area contributed by atoms with Gasteiger partial charge in [-0.05, 0) is 24.6 Å². The maximum atomic E-state index is 5.38. The molecule has 0 aromatic heterocycles. The number of aryl methyl sites for hydroxylation is 1. The van der Waals surface area contributed by atoms with Gasteiger partial charge in [0.05, 0.1) is 14.2 Å². The molecule has 1 saturated heterocycles. The minimum Gasteiger partial charge on any atom is -0.493 e. The largest absolute Gasteiger partial charge is 0.493 e. The summed E-state index contributed by atoms with van der Waals surface area (Å²) < 4.78 is 10.7. The molecular formula is C14H24N2O2+2. The number of rotatable bonds is 4. The second-order valence-corrected chi connectivity index (χ2v) is 4.93. The van der Waals surface area contributed by atoms with E-state index in [0.717, 1.165) is 18.0 Å². The standard InChI is InChI=1S/C14H22N2O2/c1-11-8-13(17-2)14(18-3)9-12(11)10-16-6-4-15-5-7-16/h8-9,15H,4-7,10H2,1-3H3/p+2. The van der Waals surface area contributed by atoms with Crippen molar-refractivity contribution in [3.8, 4) is 11.5 Å². The highest BCUT2D eigenvalue weighted by molar-refractivity contribution is 5.46. The lowest BCUT2D eigenvalue weighted by Crippen LogP contribution is -3.19. The summed E-state index contributed by atoms with van der Waals surface area (Å²) in [6, 6.07) is 4.20. The van der Waals surface area contributed by atoms with Gasteiger partial charge in [0.2, 0.25) is 0 Å². The summed E-state index contributed by atoms with van der Waals surface area (Å²) in [6.07, 6.45) is 0. The van der Waals surface area contributed by atoms with Gasteiger partial charge >= 0.3 is 0 Å². The van der Waals surface area contributed by atoms with E-state index >= 15 is 0 Å². The molecule has 1 aliphatic heterocycles. The van der Waals surface area contributed by atoms with Crippen LogP contribution in [0, 0.1) is 6.92 Å². The van der Waals surface area contributed by atoms with Crippen LogP contribution in [-0.4, -0.2) is 40.4 Å². The fourth-order valence-corrected chi connectivity index (χ4v) is 2.54. The lowest BCUT2D eigenvalue weighted by atomic mass is 10.1. The van der Waals surface area contributed by atoms with Crippen molar-refractivity contribution in [2.24, 2.45) is 0 Å². The molecular weight excluding hydrogens is 228 g/mol. The van der Waals surface area contributed by atoms with E-state index in [9.17, 15) is 0 Å². The van der Waals surface area contributed by atoms with E-state index in [1.54, 1.807) is 19.1 Å². The summed E-state index contributed by atoms with van der Waals surface area (Å²) in [5.41, 5.74) is 2.65. The fourth-order valence-electron chi connectivity index (χ4n) is 2.54. The molecule has 100 valence electrons. The van der Waals surface area contributed by atoms with Gasteiger partial charge in [0.15, 0.2) is 11.5 Å². The van der Waals surface area contributed by atoms with E-state index in [1.165, 1.54) is 37.3 Å². The van der Waals surface area contributed by atoms with Crippen LogP contribution in [0.15, 0.2) is 12.1 Å². The quantitative estimate of drug-likeness (QED) is 0.720. The molecule has 1 aliphatic rings. The molecule has 1 aromatic carbocycles. The van der Waals surface area contributed by atoms with Gasteiger partial charge < -0.3 is 19.7 Å². The average Bonchev–Trinajstić information content (AvgIpc) is 2.41. The lowest BCUT2D eigenvalue weighted by molar-refractivity contribution is -0.958. The first-order chi connectivity index (χ1) is 8.74. The second kappa shape index (κ2) is 6.07. The summed E-state index contributed by atoms with van der Waals surface area (Å²) in [5.74, 6) is 1.65. The summed E-state index contributed by atoms with van der Waals surface area (Å²) >= 11 is 0. The van der Waals surface area contributed by atoms with Crippen LogP contribution in [0.25, 0.3) is 0 Å². The number of quaternary nitrogens is 2. The van der Waals surface area contributed by atoms with Gasteiger partial charge in [0, 0.05) is 5.56 Å². The summed E-state index contributed by atoms with van der Waals surface area (Å²) in [5, 5.41) is 2.39. The van der Waals surface area contributed by atoms with Crippen molar-refractivity contribution in [1.82, 2.24) is 0 Å². The minimum absolute atomic E-state index is 0.820. The van der Waals surface area contributed by atoms with E-state index in [2.05, 4.69) is 24.4 Å². The van der Waals surface area contributed by atoms with E-state index in [1.807, 2.05) is 0 Å². The van der Waals surface area contributed by atoms with Crippen molar-refractivity contribution in [1.29, 1.82) is 0 Å².